The van der Waals surface area contributed by atoms with E-state index in [9.17, 15) is 9.59 Å². The van der Waals surface area contributed by atoms with Crippen LogP contribution in [-0.2, 0) is 9.47 Å². The first-order chi connectivity index (χ1) is 22.9. The van der Waals surface area contributed by atoms with Gasteiger partial charge in [0.1, 0.15) is 40.1 Å². The molecule has 0 spiro atoms. The first-order valence-electron chi connectivity index (χ1n) is 16.7. The van der Waals surface area contributed by atoms with Gasteiger partial charge >= 0.3 is 12.2 Å². The molecule has 0 unspecified atom stereocenters. The predicted molar refractivity (Wildman–Crippen MR) is 200 cm³/mol. The summed E-state index contributed by atoms with van der Waals surface area (Å²) in [5, 5.41) is 9.68. The van der Waals surface area contributed by atoms with Crippen LogP contribution < -0.4 is 31.3 Å². The highest BCUT2D eigenvalue weighted by Crippen LogP contribution is 2.56. The van der Waals surface area contributed by atoms with Gasteiger partial charge in [-0.15, -0.1) is 0 Å². The standard InChI is InChI=1S/C40H49N2O5P/c1-39(2,3)46-37(43)41-35-27-26-31(30-36(35)42-38(44)47-40(4,5)6)45-28-18-7-8-19-29-48(32-20-12-9-13-21-32,33-22-14-10-15-23-33)34-24-16-11-17-25-34/h9-17,20-27,30H,7-8,18-19,28-29H2,1-6H3,(H-,41,42,43,44)/p+1. The van der Waals surface area contributed by atoms with Crippen LogP contribution in [0.4, 0.5) is 21.0 Å². The van der Waals surface area contributed by atoms with Crippen molar-refractivity contribution in [1.29, 1.82) is 0 Å². The lowest BCUT2D eigenvalue weighted by molar-refractivity contribution is 0.0620. The van der Waals surface area contributed by atoms with Crippen LogP contribution in [0.1, 0.15) is 67.2 Å². The van der Waals surface area contributed by atoms with E-state index in [0.29, 0.717) is 23.7 Å². The van der Waals surface area contributed by atoms with Crippen LogP contribution in [0.3, 0.4) is 0 Å². The fraction of sp³-hybridized carbons (Fsp3) is 0.350. The van der Waals surface area contributed by atoms with Gasteiger partial charge in [-0.05, 0) is 116 Å². The number of hydrogen-bond donors (Lipinski definition) is 2. The average molecular weight is 670 g/mol. The van der Waals surface area contributed by atoms with E-state index < -0.39 is 30.7 Å². The van der Waals surface area contributed by atoms with Crippen LogP contribution >= 0.6 is 7.26 Å². The van der Waals surface area contributed by atoms with Gasteiger partial charge in [-0.2, -0.15) is 0 Å². The average Bonchev–Trinajstić information content (AvgIpc) is 3.03. The molecular weight excluding hydrogens is 619 g/mol. The van der Waals surface area contributed by atoms with Gasteiger partial charge in [0.15, 0.2) is 0 Å². The van der Waals surface area contributed by atoms with E-state index in [-0.39, 0.29) is 0 Å². The van der Waals surface area contributed by atoms with Crippen molar-refractivity contribution in [2.75, 3.05) is 23.4 Å². The van der Waals surface area contributed by atoms with Crippen LogP contribution in [0.5, 0.6) is 5.75 Å². The summed E-state index contributed by atoms with van der Waals surface area (Å²) >= 11 is 0. The number of carbonyl (C=O) groups is 2. The maximum Gasteiger partial charge on any atom is 0.412 e. The number of anilines is 2. The lowest BCUT2D eigenvalue weighted by Gasteiger charge is -2.27. The SMILES string of the molecule is CC(C)(C)OC(=O)Nc1ccc(OCCCCCC[P+](c2ccccc2)(c2ccccc2)c2ccccc2)cc1NC(=O)OC(C)(C)C. The molecule has 4 rings (SSSR count). The summed E-state index contributed by atoms with van der Waals surface area (Å²) < 4.78 is 16.9. The number of nitrogens with one attached hydrogen (secondary N) is 2. The highest BCUT2D eigenvalue weighted by Gasteiger charge is 2.44. The molecule has 0 saturated carbocycles. The minimum Gasteiger partial charge on any atom is -0.494 e. The zero-order valence-corrected chi connectivity index (χ0v) is 30.0. The molecule has 2 N–H and O–H groups in total. The van der Waals surface area contributed by atoms with Crippen molar-refractivity contribution in [2.45, 2.75) is 78.4 Å². The fourth-order valence-corrected chi connectivity index (χ4v) is 9.94. The Kier molecular flexibility index (Phi) is 12.7. The Bertz CT molecular complexity index is 1500. The summed E-state index contributed by atoms with van der Waals surface area (Å²) in [7, 11) is -1.83. The summed E-state index contributed by atoms with van der Waals surface area (Å²) in [4.78, 5) is 25.1. The molecule has 0 heterocycles. The molecule has 0 bridgehead atoms. The number of hydrogen-bond acceptors (Lipinski definition) is 5. The van der Waals surface area contributed by atoms with Gasteiger partial charge in [-0.3, -0.25) is 10.6 Å². The normalized spacial score (nSPS) is 11.8. The summed E-state index contributed by atoms with van der Waals surface area (Å²) in [6.07, 6.45) is 3.94. The molecule has 254 valence electrons. The monoisotopic (exact) mass is 669 g/mol. The van der Waals surface area contributed by atoms with Crippen molar-refractivity contribution in [3.8, 4) is 5.75 Å². The van der Waals surface area contributed by atoms with Gasteiger partial charge in [0.05, 0.1) is 24.1 Å². The van der Waals surface area contributed by atoms with E-state index in [0.717, 1.165) is 31.8 Å². The third kappa shape index (κ3) is 10.8. The summed E-state index contributed by atoms with van der Waals surface area (Å²) in [6.45, 7) is 11.3. The maximum atomic E-state index is 12.6. The molecule has 0 aliphatic rings. The third-order valence-electron chi connectivity index (χ3n) is 7.51. The second kappa shape index (κ2) is 16.7. The molecule has 0 aromatic heterocycles. The van der Waals surface area contributed by atoms with E-state index in [1.807, 2.05) is 0 Å². The number of ether oxygens (including phenoxy) is 3. The Balaban J connectivity index is 1.39. The molecule has 0 radical (unpaired) electrons. The summed E-state index contributed by atoms with van der Waals surface area (Å²) in [6, 6.07) is 38.1. The van der Waals surface area contributed by atoms with E-state index >= 15 is 0 Å². The van der Waals surface area contributed by atoms with Crippen LogP contribution in [0.15, 0.2) is 109 Å². The smallest absolute Gasteiger partial charge is 0.412 e. The molecule has 48 heavy (non-hydrogen) atoms. The number of benzene rings is 4. The summed E-state index contributed by atoms with van der Waals surface area (Å²) in [5.74, 6) is 0.581. The van der Waals surface area contributed by atoms with Crippen molar-refractivity contribution < 1.29 is 23.8 Å². The molecule has 0 aliphatic heterocycles. The number of rotatable bonds is 13. The van der Waals surface area contributed by atoms with Crippen molar-refractivity contribution >= 4 is 46.7 Å². The predicted octanol–water partition coefficient (Wildman–Crippen LogP) is 9.31. The Morgan fingerprint density at radius 1 is 0.562 bits per heavy atom. The summed E-state index contributed by atoms with van der Waals surface area (Å²) in [5.41, 5.74) is -0.609. The van der Waals surface area contributed by atoms with E-state index in [1.165, 1.54) is 15.9 Å². The van der Waals surface area contributed by atoms with E-state index in [1.54, 1.807) is 59.7 Å². The molecule has 4 aromatic rings. The lowest BCUT2D eigenvalue weighted by atomic mass is 10.2. The number of unbranched alkanes of at least 4 members (excludes halogenated alkanes) is 3. The molecule has 8 heteroatoms. The molecule has 0 fully saturated rings. The second-order valence-corrected chi connectivity index (χ2v) is 17.4. The first-order valence-corrected chi connectivity index (χ1v) is 18.6. The lowest BCUT2D eigenvalue weighted by Crippen LogP contribution is -2.33. The quantitative estimate of drug-likeness (QED) is 0.110. The molecule has 7 nitrogen and oxygen atoms in total. The van der Waals surface area contributed by atoms with Gasteiger partial charge < -0.3 is 14.2 Å². The van der Waals surface area contributed by atoms with Crippen molar-refractivity contribution in [3.05, 3.63) is 109 Å². The van der Waals surface area contributed by atoms with E-state index in [4.69, 9.17) is 14.2 Å². The second-order valence-electron chi connectivity index (χ2n) is 13.8. The minimum absolute atomic E-state index is 0.357. The van der Waals surface area contributed by atoms with Gasteiger partial charge in [-0.25, -0.2) is 9.59 Å². The van der Waals surface area contributed by atoms with E-state index in [2.05, 4.69) is 102 Å². The molecule has 2 amide bonds. The zero-order valence-electron chi connectivity index (χ0n) is 29.1. The number of carbonyl (C=O) groups excluding carboxylic acids is 2. The van der Waals surface area contributed by atoms with Gasteiger partial charge in [0.2, 0.25) is 0 Å². The maximum absolute atomic E-state index is 12.6. The van der Waals surface area contributed by atoms with Gasteiger partial charge in [0.25, 0.3) is 0 Å². The van der Waals surface area contributed by atoms with Crippen LogP contribution in [0, 0.1) is 0 Å². The molecule has 0 atom stereocenters. The highest BCUT2D eigenvalue weighted by atomic mass is 31.2. The molecule has 4 aromatic carbocycles. The highest BCUT2D eigenvalue weighted by molar-refractivity contribution is 7.95. The topological polar surface area (TPSA) is 85.9 Å². The molecule has 0 saturated heterocycles. The largest absolute Gasteiger partial charge is 0.494 e. The Morgan fingerprint density at radius 3 is 1.46 bits per heavy atom. The van der Waals surface area contributed by atoms with Crippen LogP contribution in [0.2, 0.25) is 0 Å². The molecule has 0 aliphatic carbocycles. The Hall–Kier alpha value is -4.35. The van der Waals surface area contributed by atoms with Crippen molar-refractivity contribution in [1.82, 2.24) is 0 Å². The fourth-order valence-electron chi connectivity index (χ4n) is 5.53. The minimum atomic E-state index is -1.83. The van der Waals surface area contributed by atoms with Crippen LogP contribution in [-0.4, -0.2) is 36.2 Å². The van der Waals surface area contributed by atoms with Crippen LogP contribution in [0.25, 0.3) is 0 Å². The zero-order chi connectivity index (χ0) is 34.6. The number of amides is 2. The van der Waals surface area contributed by atoms with Crippen molar-refractivity contribution in [3.63, 3.8) is 0 Å². The first kappa shape index (κ1) is 36.5. The third-order valence-corrected chi connectivity index (χ3v) is 12.0. The van der Waals surface area contributed by atoms with Crippen molar-refractivity contribution in [2.24, 2.45) is 0 Å². The Morgan fingerprint density at radius 2 is 1.00 bits per heavy atom. The van der Waals surface area contributed by atoms with Gasteiger partial charge in [-0.1, -0.05) is 54.6 Å². The Labute approximate surface area is 286 Å². The van der Waals surface area contributed by atoms with Gasteiger partial charge in [0, 0.05) is 6.07 Å². The molecular formula is C40H50N2O5P+.